The minimum absolute atomic E-state index is 0.0853. The first-order chi connectivity index (χ1) is 14.2. The lowest BCUT2D eigenvalue weighted by Crippen LogP contribution is -2.46. The van der Waals surface area contributed by atoms with Gasteiger partial charge in [0.25, 0.3) is 0 Å². The molecule has 6 nitrogen and oxygen atoms in total. The van der Waals surface area contributed by atoms with Crippen molar-refractivity contribution in [2.75, 3.05) is 31.6 Å². The summed E-state index contributed by atoms with van der Waals surface area (Å²) in [5.74, 6) is 0.785. The number of benzene rings is 2. The van der Waals surface area contributed by atoms with E-state index >= 15 is 0 Å². The number of anilines is 1. The van der Waals surface area contributed by atoms with E-state index in [4.69, 9.17) is 4.98 Å². The summed E-state index contributed by atoms with van der Waals surface area (Å²) in [5.41, 5.74) is 3.05. The van der Waals surface area contributed by atoms with Gasteiger partial charge in [-0.3, -0.25) is 4.90 Å². The van der Waals surface area contributed by atoms with Crippen molar-refractivity contribution in [1.29, 1.82) is 0 Å². The van der Waals surface area contributed by atoms with Crippen molar-refractivity contribution in [3.63, 3.8) is 0 Å². The summed E-state index contributed by atoms with van der Waals surface area (Å²) in [4.78, 5) is 22.7. The van der Waals surface area contributed by atoms with Gasteiger partial charge in [-0.1, -0.05) is 42.5 Å². The van der Waals surface area contributed by atoms with Gasteiger partial charge in [-0.15, -0.1) is 0 Å². The molecule has 2 aliphatic heterocycles. The summed E-state index contributed by atoms with van der Waals surface area (Å²) < 4.78 is 1.78. The number of nitrogens with one attached hydrogen (secondary N) is 1. The molecule has 2 aromatic carbocycles. The number of likely N-dealkylation sites (N-methyl/N-ethyl adjacent to an activating group) is 1. The van der Waals surface area contributed by atoms with Crippen LogP contribution in [-0.2, 0) is 6.42 Å². The van der Waals surface area contributed by atoms with Gasteiger partial charge in [-0.25, -0.2) is 14.3 Å². The minimum Gasteiger partial charge on any atom is -0.337 e. The third-order valence-electron chi connectivity index (χ3n) is 6.28. The second kappa shape index (κ2) is 7.52. The van der Waals surface area contributed by atoms with Crippen molar-refractivity contribution in [2.45, 2.75) is 31.3 Å². The molecule has 1 aromatic heterocycles. The number of aryl methyl sites for hydroxylation is 1. The number of amides is 1. The zero-order chi connectivity index (χ0) is 19.8. The van der Waals surface area contributed by atoms with Gasteiger partial charge in [0.05, 0.1) is 11.0 Å². The van der Waals surface area contributed by atoms with Crippen LogP contribution in [-0.4, -0.2) is 59.2 Å². The average molecular weight is 390 g/mol. The molecule has 6 heteroatoms. The molecule has 3 aromatic rings. The average Bonchev–Trinajstić information content (AvgIpc) is 3.43. The molecule has 0 spiro atoms. The van der Waals surface area contributed by atoms with Crippen LogP contribution in [0.4, 0.5) is 10.7 Å². The van der Waals surface area contributed by atoms with Gasteiger partial charge in [0.1, 0.15) is 0 Å². The number of carbonyl (C=O) groups is 1. The van der Waals surface area contributed by atoms with Gasteiger partial charge in [-0.05, 0) is 44.0 Å². The molecule has 0 unspecified atom stereocenters. The maximum atomic E-state index is 13.2. The van der Waals surface area contributed by atoms with Crippen molar-refractivity contribution in [1.82, 2.24) is 19.8 Å². The van der Waals surface area contributed by atoms with Crippen LogP contribution in [0.2, 0.25) is 0 Å². The Kier molecular flexibility index (Phi) is 4.72. The lowest BCUT2D eigenvalue weighted by Gasteiger charge is -2.32. The Hall–Kier alpha value is -2.86. The van der Waals surface area contributed by atoms with Gasteiger partial charge in [-0.2, -0.15) is 0 Å². The number of aromatic nitrogens is 2. The molecule has 2 bridgehead atoms. The third kappa shape index (κ3) is 3.38. The van der Waals surface area contributed by atoms with E-state index in [2.05, 4.69) is 46.4 Å². The van der Waals surface area contributed by atoms with Gasteiger partial charge in [0.15, 0.2) is 0 Å². The van der Waals surface area contributed by atoms with Crippen LogP contribution in [0.5, 0.6) is 0 Å². The summed E-state index contributed by atoms with van der Waals surface area (Å²) in [6.07, 6.45) is 3.02. The van der Waals surface area contributed by atoms with Gasteiger partial charge < -0.3 is 10.2 Å². The van der Waals surface area contributed by atoms with E-state index in [1.807, 2.05) is 30.3 Å². The van der Waals surface area contributed by atoms with Crippen molar-refractivity contribution in [3.8, 4) is 0 Å². The number of fused-ring (bicyclic) bond motifs is 3. The third-order valence-corrected chi connectivity index (χ3v) is 6.28. The molecule has 0 saturated carbocycles. The summed E-state index contributed by atoms with van der Waals surface area (Å²) in [5, 5.41) is 3.11. The zero-order valence-electron chi connectivity index (χ0n) is 16.8. The van der Waals surface area contributed by atoms with Crippen LogP contribution in [0.1, 0.15) is 18.4 Å². The fourth-order valence-corrected chi connectivity index (χ4v) is 4.73. The van der Waals surface area contributed by atoms with Gasteiger partial charge in [0, 0.05) is 31.7 Å². The van der Waals surface area contributed by atoms with Crippen LogP contribution in [0.25, 0.3) is 11.0 Å². The number of para-hydroxylation sites is 2. The smallest absolute Gasteiger partial charge is 0.328 e. The lowest BCUT2D eigenvalue weighted by atomic mass is 10.1. The maximum Gasteiger partial charge on any atom is 0.328 e. The Morgan fingerprint density at radius 1 is 1.07 bits per heavy atom. The lowest BCUT2D eigenvalue weighted by molar-refractivity contribution is 0.242. The molecule has 2 atom stereocenters. The van der Waals surface area contributed by atoms with Crippen LogP contribution in [0.15, 0.2) is 54.6 Å². The van der Waals surface area contributed by atoms with E-state index in [-0.39, 0.29) is 6.03 Å². The number of piperazine rings is 1. The second-order valence-electron chi connectivity index (χ2n) is 8.19. The van der Waals surface area contributed by atoms with E-state index in [1.54, 1.807) is 4.57 Å². The number of imidazole rings is 1. The molecule has 2 saturated heterocycles. The van der Waals surface area contributed by atoms with Crippen LogP contribution in [0, 0.1) is 0 Å². The molecular weight excluding hydrogens is 362 g/mol. The highest BCUT2D eigenvalue weighted by molar-refractivity contribution is 5.93. The highest BCUT2D eigenvalue weighted by Gasteiger charge is 2.43. The predicted octanol–water partition coefficient (Wildman–Crippen LogP) is 3.12. The molecule has 0 radical (unpaired) electrons. The Morgan fingerprint density at radius 3 is 2.62 bits per heavy atom. The maximum absolute atomic E-state index is 13.2. The summed E-state index contributed by atoms with van der Waals surface area (Å²) in [6.45, 7) is 2.62. The van der Waals surface area contributed by atoms with Gasteiger partial charge in [0.2, 0.25) is 5.95 Å². The standard InChI is InChI=1S/C23H27N5O/c1-26-15-19-14-18(26)16-27(19)22-25-20-11-5-6-12-21(20)28(22)23(29)24-13-7-10-17-8-3-2-4-9-17/h2-6,8-9,11-12,18-19H,7,10,13-16H2,1H3,(H,24,29)/t18-,19-/m0/s1. The van der Waals surface area contributed by atoms with Crippen molar-refractivity contribution < 1.29 is 4.79 Å². The number of likely N-dealkylation sites (tertiary alicyclic amines) is 1. The number of hydrogen-bond donors (Lipinski definition) is 1. The second-order valence-corrected chi connectivity index (χ2v) is 8.19. The van der Waals surface area contributed by atoms with E-state index in [0.717, 1.165) is 49.3 Å². The van der Waals surface area contributed by atoms with E-state index in [9.17, 15) is 4.79 Å². The minimum atomic E-state index is -0.0853. The molecule has 5 rings (SSSR count). The SMILES string of the molecule is CN1C[C@@H]2C[C@H]1CN2c1nc2ccccc2n1C(=O)NCCCc1ccccc1. The summed E-state index contributed by atoms with van der Waals surface area (Å²) in [6, 6.07) is 19.2. The molecule has 2 aliphatic rings. The first-order valence-corrected chi connectivity index (χ1v) is 10.5. The molecule has 1 N–H and O–H groups in total. The fourth-order valence-electron chi connectivity index (χ4n) is 4.73. The highest BCUT2D eigenvalue weighted by Crippen LogP contribution is 2.34. The van der Waals surface area contributed by atoms with Crippen LogP contribution in [0.3, 0.4) is 0 Å². The van der Waals surface area contributed by atoms with E-state index in [0.29, 0.717) is 18.6 Å². The Labute approximate surface area is 171 Å². The number of hydrogen-bond acceptors (Lipinski definition) is 4. The van der Waals surface area contributed by atoms with E-state index in [1.165, 1.54) is 5.56 Å². The molecule has 3 heterocycles. The van der Waals surface area contributed by atoms with Crippen molar-refractivity contribution >= 4 is 23.0 Å². The molecule has 1 amide bonds. The predicted molar refractivity (Wildman–Crippen MR) is 115 cm³/mol. The highest BCUT2D eigenvalue weighted by atomic mass is 16.2. The molecule has 29 heavy (non-hydrogen) atoms. The fraction of sp³-hybridized carbons (Fsp3) is 0.391. The molecular formula is C23H27N5O. The summed E-state index contributed by atoms with van der Waals surface area (Å²) in [7, 11) is 2.18. The first-order valence-electron chi connectivity index (χ1n) is 10.5. The zero-order valence-corrected chi connectivity index (χ0v) is 16.8. The number of rotatable bonds is 5. The van der Waals surface area contributed by atoms with E-state index < -0.39 is 0 Å². The number of carbonyl (C=O) groups excluding carboxylic acids is 1. The van der Waals surface area contributed by atoms with Crippen LogP contribution < -0.4 is 10.2 Å². The largest absolute Gasteiger partial charge is 0.337 e. The number of nitrogens with zero attached hydrogens (tertiary/aromatic N) is 4. The monoisotopic (exact) mass is 389 g/mol. The first kappa shape index (κ1) is 18.2. The van der Waals surface area contributed by atoms with Crippen LogP contribution >= 0.6 is 0 Å². The Balaban J connectivity index is 1.34. The molecule has 2 fully saturated rings. The molecule has 150 valence electrons. The quantitative estimate of drug-likeness (QED) is 0.682. The normalized spacial score (nSPS) is 21.2. The Morgan fingerprint density at radius 2 is 1.86 bits per heavy atom. The molecule has 0 aliphatic carbocycles. The summed E-state index contributed by atoms with van der Waals surface area (Å²) >= 11 is 0. The van der Waals surface area contributed by atoms with Gasteiger partial charge >= 0.3 is 6.03 Å². The topological polar surface area (TPSA) is 53.4 Å². The van der Waals surface area contributed by atoms with Crippen molar-refractivity contribution in [2.24, 2.45) is 0 Å². The van der Waals surface area contributed by atoms with Crippen molar-refractivity contribution in [3.05, 3.63) is 60.2 Å². The Bertz CT molecular complexity index is 1010.